The van der Waals surface area contributed by atoms with Crippen molar-refractivity contribution in [3.63, 3.8) is 0 Å². The van der Waals surface area contributed by atoms with Gasteiger partial charge in [-0.15, -0.1) is 0 Å². The fourth-order valence-electron chi connectivity index (χ4n) is 8.62. The molecule has 4 heterocycles. The number of anilines is 7. The Labute approximate surface area is 396 Å². The van der Waals surface area contributed by atoms with Gasteiger partial charge in [-0.2, -0.15) is 4.98 Å². The van der Waals surface area contributed by atoms with Crippen molar-refractivity contribution in [3.8, 4) is 11.5 Å². The number of fused-ring (bicyclic) bond motifs is 1. The van der Waals surface area contributed by atoms with Gasteiger partial charge in [0.05, 0.1) is 50.3 Å². The van der Waals surface area contributed by atoms with Crippen LogP contribution in [-0.2, 0) is 37.4 Å². The molecule has 19 nitrogen and oxygen atoms in total. The van der Waals surface area contributed by atoms with Crippen molar-refractivity contribution in [1.82, 2.24) is 30.0 Å². The first-order chi connectivity index (χ1) is 32.0. The second kappa shape index (κ2) is 20.6. The minimum atomic E-state index is -3.60. The number of amides is 4. The van der Waals surface area contributed by atoms with Crippen LogP contribution in [0.3, 0.4) is 0 Å². The standard InChI is InChI=1S/C46H58ClN11O8S/c1-8-28-22-36(51-46-49-25-33(47)43(53-46)50-35-13-12-30(65-5)23-39(35)56(4)67(7,63)64)40(66-6)24-38(28)57-18-16-29(17-19-57)54(2)20-21-55(3)42(60)26-48-34-11-9-10-31-32(34)27-58(45(31)62)37-14-15-41(59)52-44(37)61/h9-13,22-25,29,37,48H,8,14-21,26-27H2,1-7H3,(H,52,59,61)(H2,49,50,51,53). The van der Waals surface area contributed by atoms with E-state index >= 15 is 0 Å². The Kier molecular flexibility index (Phi) is 15.0. The van der Waals surface area contributed by atoms with E-state index < -0.39 is 22.0 Å². The van der Waals surface area contributed by atoms with Crippen LogP contribution in [0.1, 0.15) is 54.1 Å². The predicted molar refractivity (Wildman–Crippen MR) is 259 cm³/mol. The number of imide groups is 1. The average Bonchev–Trinajstić information content (AvgIpc) is 3.66. The topological polar surface area (TPSA) is 211 Å². The summed E-state index contributed by atoms with van der Waals surface area (Å²) in [4.78, 5) is 67.7. The fourth-order valence-corrected chi connectivity index (χ4v) is 9.27. The number of rotatable bonds is 18. The molecule has 2 fully saturated rings. The molecule has 0 bridgehead atoms. The molecule has 2 saturated heterocycles. The molecule has 4 aromatic rings. The lowest BCUT2D eigenvalue weighted by Crippen LogP contribution is -2.52. The number of piperidine rings is 2. The lowest BCUT2D eigenvalue weighted by molar-refractivity contribution is -0.137. The number of sulfonamides is 1. The number of nitrogens with zero attached hydrogens (tertiary/aromatic N) is 7. The van der Waals surface area contributed by atoms with Crippen LogP contribution in [0.15, 0.2) is 54.7 Å². The summed E-state index contributed by atoms with van der Waals surface area (Å²) in [5.41, 5.74) is 5.53. The summed E-state index contributed by atoms with van der Waals surface area (Å²) in [5.74, 6) is 0.437. The summed E-state index contributed by atoms with van der Waals surface area (Å²) in [5, 5.41) is 12.2. The van der Waals surface area contributed by atoms with Crippen LogP contribution in [-0.4, -0.2) is 143 Å². The molecule has 4 N–H and O–H groups in total. The van der Waals surface area contributed by atoms with Crippen LogP contribution >= 0.6 is 11.6 Å². The van der Waals surface area contributed by atoms with E-state index in [0.29, 0.717) is 58.9 Å². The summed E-state index contributed by atoms with van der Waals surface area (Å²) in [6, 6.07) is 14.0. The molecule has 3 aliphatic rings. The Balaban J connectivity index is 0.925. The number of hydrogen-bond acceptors (Lipinski definition) is 15. The summed E-state index contributed by atoms with van der Waals surface area (Å²) < 4.78 is 37.3. The van der Waals surface area contributed by atoms with Gasteiger partial charge in [0.1, 0.15) is 22.6 Å². The van der Waals surface area contributed by atoms with Crippen molar-refractivity contribution in [2.45, 2.75) is 57.7 Å². The van der Waals surface area contributed by atoms with Crippen LogP contribution in [0.2, 0.25) is 5.02 Å². The Bertz CT molecular complexity index is 2650. The Morgan fingerprint density at radius 1 is 0.955 bits per heavy atom. The average molecular weight is 961 g/mol. The van der Waals surface area contributed by atoms with Gasteiger partial charge >= 0.3 is 0 Å². The van der Waals surface area contributed by atoms with Gasteiger partial charge in [-0.1, -0.05) is 24.6 Å². The second-order valence-electron chi connectivity index (χ2n) is 16.9. The highest BCUT2D eigenvalue weighted by molar-refractivity contribution is 7.92. The first-order valence-electron chi connectivity index (χ1n) is 22.1. The van der Waals surface area contributed by atoms with Crippen LogP contribution in [0.5, 0.6) is 11.5 Å². The zero-order valence-corrected chi connectivity index (χ0v) is 40.4. The summed E-state index contributed by atoms with van der Waals surface area (Å²) in [6.07, 6.45) is 5.66. The van der Waals surface area contributed by atoms with E-state index in [1.807, 2.05) is 18.2 Å². The second-order valence-corrected chi connectivity index (χ2v) is 19.3. The van der Waals surface area contributed by atoms with Gasteiger partial charge < -0.3 is 45.0 Å². The van der Waals surface area contributed by atoms with Crippen molar-refractivity contribution in [2.75, 3.05) is 99.5 Å². The number of likely N-dealkylation sites (N-methyl/N-ethyl adjacent to an activating group) is 2. The van der Waals surface area contributed by atoms with Crippen molar-refractivity contribution in [3.05, 3.63) is 76.4 Å². The van der Waals surface area contributed by atoms with E-state index in [2.05, 4.69) is 55.0 Å². The summed E-state index contributed by atoms with van der Waals surface area (Å²) in [7, 11) is 4.85. The zero-order chi connectivity index (χ0) is 48.2. The fraction of sp³-hybridized carbons (Fsp3) is 0.435. The number of benzene rings is 3. The molecule has 0 aliphatic carbocycles. The molecule has 1 aromatic heterocycles. The molecule has 0 saturated carbocycles. The number of methoxy groups -OCH3 is 2. The third-order valence-corrected chi connectivity index (χ3v) is 14.2. The van der Waals surface area contributed by atoms with E-state index in [9.17, 15) is 27.6 Å². The van der Waals surface area contributed by atoms with Crippen molar-refractivity contribution in [1.29, 1.82) is 0 Å². The molecule has 0 radical (unpaired) electrons. The minimum Gasteiger partial charge on any atom is -0.497 e. The highest BCUT2D eigenvalue weighted by Gasteiger charge is 2.40. The SMILES string of the molecule is CCc1cc(Nc2ncc(Cl)c(Nc3ccc(OC)cc3N(C)S(C)(=O)=O)n2)c(OC)cc1N1CCC(N(C)CCN(C)C(=O)CNc2cccc3c2CN(C2CCC(=O)NC2=O)C3=O)CC1. The van der Waals surface area contributed by atoms with Crippen molar-refractivity contribution >= 4 is 85.5 Å². The van der Waals surface area contributed by atoms with E-state index in [-0.39, 0.29) is 60.4 Å². The molecule has 3 aliphatic heterocycles. The highest BCUT2D eigenvalue weighted by atomic mass is 35.5. The zero-order valence-electron chi connectivity index (χ0n) is 38.8. The minimum absolute atomic E-state index is 0.0442. The Hall–Kier alpha value is -6.38. The Morgan fingerprint density at radius 3 is 2.40 bits per heavy atom. The van der Waals surface area contributed by atoms with E-state index in [4.69, 9.17) is 21.1 Å². The van der Waals surface area contributed by atoms with Gasteiger partial charge in [-0.05, 0) is 68.6 Å². The maximum absolute atomic E-state index is 13.3. The third-order valence-electron chi connectivity index (χ3n) is 12.7. The predicted octanol–water partition coefficient (Wildman–Crippen LogP) is 4.82. The normalized spacial score (nSPS) is 16.4. The molecule has 0 spiro atoms. The third kappa shape index (κ3) is 10.9. The Morgan fingerprint density at radius 2 is 1.72 bits per heavy atom. The lowest BCUT2D eigenvalue weighted by Gasteiger charge is -2.39. The maximum atomic E-state index is 13.3. The van der Waals surface area contributed by atoms with E-state index in [1.165, 1.54) is 25.3 Å². The molecule has 4 amide bonds. The van der Waals surface area contributed by atoms with Crippen LogP contribution < -0.4 is 39.9 Å². The number of aryl methyl sites for hydroxylation is 1. The number of halogens is 1. The van der Waals surface area contributed by atoms with Crippen molar-refractivity contribution < 1.29 is 37.1 Å². The first-order valence-corrected chi connectivity index (χ1v) is 24.3. The summed E-state index contributed by atoms with van der Waals surface area (Å²) in [6.45, 7) is 5.27. The van der Waals surface area contributed by atoms with Gasteiger partial charge in [-0.3, -0.25) is 28.8 Å². The largest absolute Gasteiger partial charge is 0.497 e. The van der Waals surface area contributed by atoms with Gasteiger partial charge in [0.2, 0.25) is 33.7 Å². The van der Waals surface area contributed by atoms with Gasteiger partial charge in [0, 0.05) is 93.9 Å². The molecule has 21 heteroatoms. The molecule has 358 valence electrons. The number of nitrogens with one attached hydrogen (secondary N) is 4. The van der Waals surface area contributed by atoms with E-state index in [1.54, 1.807) is 49.4 Å². The smallest absolute Gasteiger partial charge is 0.255 e. The van der Waals surface area contributed by atoms with Gasteiger partial charge in [0.15, 0.2) is 5.82 Å². The monoisotopic (exact) mass is 959 g/mol. The van der Waals surface area contributed by atoms with E-state index in [0.717, 1.165) is 59.7 Å². The number of hydrogen-bond donors (Lipinski definition) is 4. The number of aromatic nitrogens is 2. The van der Waals surface area contributed by atoms with Crippen LogP contribution in [0, 0.1) is 0 Å². The lowest BCUT2D eigenvalue weighted by atomic mass is 10.0. The molecule has 3 aromatic carbocycles. The van der Waals surface area contributed by atoms with Crippen LogP contribution in [0.4, 0.5) is 40.2 Å². The molecule has 1 atom stereocenters. The summed E-state index contributed by atoms with van der Waals surface area (Å²) >= 11 is 6.55. The molecule has 7 rings (SSSR count). The van der Waals surface area contributed by atoms with Crippen LogP contribution in [0.25, 0.3) is 0 Å². The first kappa shape index (κ1) is 48.6. The highest BCUT2D eigenvalue weighted by Crippen LogP contribution is 2.39. The molecular formula is C46H58ClN11O8S. The molecule has 67 heavy (non-hydrogen) atoms. The number of carbonyl (C=O) groups excluding carboxylic acids is 4. The van der Waals surface area contributed by atoms with Gasteiger partial charge in [0.25, 0.3) is 5.91 Å². The number of carbonyl (C=O) groups is 4. The molecular weight excluding hydrogens is 902 g/mol. The van der Waals surface area contributed by atoms with Crippen molar-refractivity contribution in [2.24, 2.45) is 0 Å². The molecule has 1 unspecified atom stereocenters. The number of ether oxygens (including phenoxy) is 2. The maximum Gasteiger partial charge on any atom is 0.255 e. The van der Waals surface area contributed by atoms with Gasteiger partial charge in [-0.25, -0.2) is 13.4 Å². The quantitative estimate of drug-likeness (QED) is 0.0986.